The number of likely N-dealkylation sites (tertiary alicyclic amines) is 1. The number of methoxy groups -OCH3 is 1. The van der Waals surface area contributed by atoms with Gasteiger partial charge in [-0.2, -0.15) is 0 Å². The van der Waals surface area contributed by atoms with E-state index < -0.39 is 0 Å². The minimum absolute atomic E-state index is 0.101. The second-order valence-electron chi connectivity index (χ2n) is 6.28. The summed E-state index contributed by atoms with van der Waals surface area (Å²) < 4.78 is 10.6. The van der Waals surface area contributed by atoms with E-state index in [0.717, 1.165) is 45.7 Å². The molecular formula is C18H26N2O3. The fourth-order valence-corrected chi connectivity index (χ4v) is 3.79. The highest BCUT2D eigenvalue weighted by Gasteiger charge is 2.40. The second kappa shape index (κ2) is 7.90. The standard InChI is InChI=1S/C18H26N2O3/c1-22-14-18(21)20-8-7-16(19-9-11-23-12-10-19)17(20)13-15-5-3-2-4-6-15/h2-6,16-17H,7-14H2,1H3/t16-,17+/m1/s1. The van der Waals surface area contributed by atoms with Crippen molar-refractivity contribution in [3.63, 3.8) is 0 Å². The van der Waals surface area contributed by atoms with Gasteiger partial charge in [0.1, 0.15) is 6.61 Å². The molecule has 2 fully saturated rings. The fourth-order valence-electron chi connectivity index (χ4n) is 3.79. The number of ether oxygens (including phenoxy) is 2. The highest BCUT2D eigenvalue weighted by atomic mass is 16.5. The summed E-state index contributed by atoms with van der Waals surface area (Å²) in [5, 5.41) is 0. The Morgan fingerprint density at radius 2 is 1.96 bits per heavy atom. The van der Waals surface area contributed by atoms with Crippen molar-refractivity contribution in [1.29, 1.82) is 0 Å². The molecule has 0 spiro atoms. The van der Waals surface area contributed by atoms with Crippen molar-refractivity contribution in [3.05, 3.63) is 35.9 Å². The number of benzene rings is 1. The SMILES string of the molecule is COCC(=O)N1CC[C@@H](N2CCOCC2)[C@@H]1Cc1ccccc1. The Kier molecular flexibility index (Phi) is 5.65. The minimum atomic E-state index is 0.101. The van der Waals surface area contributed by atoms with Gasteiger partial charge in [-0.3, -0.25) is 9.69 Å². The van der Waals surface area contributed by atoms with E-state index in [1.54, 1.807) is 7.11 Å². The van der Waals surface area contributed by atoms with Crippen molar-refractivity contribution in [3.8, 4) is 0 Å². The Morgan fingerprint density at radius 1 is 1.22 bits per heavy atom. The number of morpholine rings is 1. The number of hydrogen-bond donors (Lipinski definition) is 0. The molecule has 0 aliphatic carbocycles. The van der Waals surface area contributed by atoms with E-state index in [4.69, 9.17) is 9.47 Å². The number of amides is 1. The third kappa shape index (κ3) is 3.91. The number of carbonyl (C=O) groups excluding carboxylic acids is 1. The molecule has 3 rings (SSSR count). The summed E-state index contributed by atoms with van der Waals surface area (Å²) in [6, 6.07) is 11.1. The van der Waals surface area contributed by atoms with Gasteiger partial charge in [0, 0.05) is 32.8 Å². The maximum atomic E-state index is 12.4. The third-order valence-electron chi connectivity index (χ3n) is 4.90. The Bertz CT molecular complexity index is 502. The van der Waals surface area contributed by atoms with Crippen LogP contribution >= 0.6 is 0 Å². The first-order valence-corrected chi connectivity index (χ1v) is 8.43. The first-order chi connectivity index (χ1) is 11.3. The molecule has 5 nitrogen and oxygen atoms in total. The first kappa shape index (κ1) is 16.4. The van der Waals surface area contributed by atoms with Crippen LogP contribution in [0, 0.1) is 0 Å². The van der Waals surface area contributed by atoms with Crippen LogP contribution in [-0.2, 0) is 20.7 Å². The van der Waals surface area contributed by atoms with Crippen LogP contribution in [0.5, 0.6) is 0 Å². The molecule has 5 heteroatoms. The van der Waals surface area contributed by atoms with Crippen LogP contribution in [-0.4, -0.2) is 74.4 Å². The molecule has 0 saturated carbocycles. The predicted octanol–water partition coefficient (Wildman–Crippen LogP) is 1.18. The Labute approximate surface area is 138 Å². The largest absolute Gasteiger partial charge is 0.379 e. The van der Waals surface area contributed by atoms with Crippen LogP contribution in [0.4, 0.5) is 0 Å². The lowest BCUT2D eigenvalue weighted by Crippen LogP contribution is -2.51. The maximum Gasteiger partial charge on any atom is 0.248 e. The van der Waals surface area contributed by atoms with E-state index in [-0.39, 0.29) is 18.6 Å². The van der Waals surface area contributed by atoms with E-state index >= 15 is 0 Å². The van der Waals surface area contributed by atoms with Gasteiger partial charge in [0.25, 0.3) is 0 Å². The summed E-state index contributed by atoms with van der Waals surface area (Å²) >= 11 is 0. The van der Waals surface area contributed by atoms with Gasteiger partial charge < -0.3 is 14.4 Å². The van der Waals surface area contributed by atoms with Crippen LogP contribution in [0.1, 0.15) is 12.0 Å². The summed E-state index contributed by atoms with van der Waals surface area (Å²) in [5.74, 6) is 0.101. The zero-order valence-electron chi connectivity index (χ0n) is 13.8. The van der Waals surface area contributed by atoms with Crippen LogP contribution in [0.2, 0.25) is 0 Å². The van der Waals surface area contributed by atoms with Gasteiger partial charge in [0.15, 0.2) is 0 Å². The first-order valence-electron chi connectivity index (χ1n) is 8.43. The second-order valence-corrected chi connectivity index (χ2v) is 6.28. The van der Waals surface area contributed by atoms with Gasteiger partial charge in [-0.1, -0.05) is 30.3 Å². The molecule has 23 heavy (non-hydrogen) atoms. The van der Waals surface area contributed by atoms with Gasteiger partial charge in [-0.15, -0.1) is 0 Å². The predicted molar refractivity (Wildman–Crippen MR) is 88.3 cm³/mol. The third-order valence-corrected chi connectivity index (χ3v) is 4.90. The van der Waals surface area contributed by atoms with E-state index in [1.807, 2.05) is 11.0 Å². The van der Waals surface area contributed by atoms with Crippen molar-refractivity contribution in [2.45, 2.75) is 24.9 Å². The molecule has 0 radical (unpaired) electrons. The number of nitrogens with zero attached hydrogens (tertiary/aromatic N) is 2. The molecule has 0 aromatic heterocycles. The van der Waals surface area contributed by atoms with Crippen molar-refractivity contribution in [2.75, 3.05) is 46.6 Å². The number of rotatable bonds is 5. The summed E-state index contributed by atoms with van der Waals surface area (Å²) in [6.07, 6.45) is 1.94. The molecule has 126 valence electrons. The Balaban J connectivity index is 1.76. The van der Waals surface area contributed by atoms with Gasteiger partial charge in [0.05, 0.1) is 19.3 Å². The maximum absolute atomic E-state index is 12.4. The van der Waals surface area contributed by atoms with Gasteiger partial charge in [-0.05, 0) is 18.4 Å². The van der Waals surface area contributed by atoms with E-state index in [0.29, 0.717) is 6.04 Å². The summed E-state index contributed by atoms with van der Waals surface area (Å²) in [7, 11) is 1.58. The van der Waals surface area contributed by atoms with Crippen molar-refractivity contribution in [2.24, 2.45) is 0 Å². The smallest absolute Gasteiger partial charge is 0.248 e. The van der Waals surface area contributed by atoms with E-state index in [1.165, 1.54) is 5.56 Å². The highest BCUT2D eigenvalue weighted by Crippen LogP contribution is 2.27. The lowest BCUT2D eigenvalue weighted by molar-refractivity contribution is -0.136. The molecule has 2 aliphatic heterocycles. The molecule has 0 N–H and O–H groups in total. The van der Waals surface area contributed by atoms with Crippen LogP contribution < -0.4 is 0 Å². The number of carbonyl (C=O) groups is 1. The van der Waals surface area contributed by atoms with Crippen LogP contribution in [0.15, 0.2) is 30.3 Å². The molecular weight excluding hydrogens is 292 g/mol. The summed E-state index contributed by atoms with van der Waals surface area (Å²) in [6.45, 7) is 4.49. The Hall–Kier alpha value is -1.43. The molecule has 2 aliphatic rings. The molecule has 1 amide bonds. The molecule has 2 atom stereocenters. The quantitative estimate of drug-likeness (QED) is 0.817. The van der Waals surface area contributed by atoms with Gasteiger partial charge in [0.2, 0.25) is 5.91 Å². The van der Waals surface area contributed by atoms with Crippen molar-refractivity contribution in [1.82, 2.24) is 9.80 Å². The average molecular weight is 318 g/mol. The Morgan fingerprint density at radius 3 is 2.65 bits per heavy atom. The summed E-state index contributed by atoms with van der Waals surface area (Å²) in [5.41, 5.74) is 1.29. The minimum Gasteiger partial charge on any atom is -0.379 e. The average Bonchev–Trinajstić information content (AvgIpc) is 3.00. The zero-order valence-corrected chi connectivity index (χ0v) is 13.8. The normalized spacial score (nSPS) is 25.7. The molecule has 0 unspecified atom stereocenters. The summed E-state index contributed by atoms with van der Waals surface area (Å²) in [4.78, 5) is 17.0. The van der Waals surface area contributed by atoms with E-state index in [9.17, 15) is 4.79 Å². The zero-order chi connectivity index (χ0) is 16.1. The lowest BCUT2D eigenvalue weighted by Gasteiger charge is -2.37. The van der Waals surface area contributed by atoms with Crippen LogP contribution in [0.3, 0.4) is 0 Å². The van der Waals surface area contributed by atoms with E-state index in [2.05, 4.69) is 29.2 Å². The lowest BCUT2D eigenvalue weighted by atomic mass is 9.98. The molecule has 1 aromatic rings. The number of hydrogen-bond acceptors (Lipinski definition) is 4. The highest BCUT2D eigenvalue weighted by molar-refractivity contribution is 5.78. The molecule has 0 bridgehead atoms. The molecule has 1 aromatic carbocycles. The van der Waals surface area contributed by atoms with Gasteiger partial charge in [-0.25, -0.2) is 0 Å². The van der Waals surface area contributed by atoms with Crippen LogP contribution in [0.25, 0.3) is 0 Å². The van der Waals surface area contributed by atoms with Crippen molar-refractivity contribution >= 4 is 5.91 Å². The monoisotopic (exact) mass is 318 g/mol. The van der Waals surface area contributed by atoms with Gasteiger partial charge >= 0.3 is 0 Å². The fraction of sp³-hybridized carbons (Fsp3) is 0.611. The molecule has 2 heterocycles. The van der Waals surface area contributed by atoms with Crippen molar-refractivity contribution < 1.29 is 14.3 Å². The topological polar surface area (TPSA) is 42.0 Å². The molecule has 2 saturated heterocycles.